The summed E-state index contributed by atoms with van der Waals surface area (Å²) in [4.78, 5) is 6.66. The maximum Gasteiger partial charge on any atom is 0.240 e. The van der Waals surface area contributed by atoms with Crippen LogP contribution in [0.3, 0.4) is 0 Å². The summed E-state index contributed by atoms with van der Waals surface area (Å²) in [6, 6.07) is 0.254. The van der Waals surface area contributed by atoms with E-state index < -0.39 is 0 Å². The fraction of sp³-hybridized carbons (Fsp3) is 0.846. The fourth-order valence-electron chi connectivity index (χ4n) is 2.44. The molecule has 5 heteroatoms. The molecule has 0 amide bonds. The smallest absolute Gasteiger partial charge is 0.240 e. The van der Waals surface area contributed by atoms with E-state index in [-0.39, 0.29) is 12.6 Å². The molecule has 0 bridgehead atoms. The van der Waals surface area contributed by atoms with Crippen molar-refractivity contribution >= 4 is 0 Å². The molecule has 1 aromatic heterocycles. The third-order valence-corrected chi connectivity index (χ3v) is 3.56. The van der Waals surface area contributed by atoms with E-state index in [0.29, 0.717) is 12.4 Å². The quantitative estimate of drug-likeness (QED) is 0.837. The highest BCUT2D eigenvalue weighted by Crippen LogP contribution is 2.18. The molecule has 0 aliphatic carbocycles. The first-order chi connectivity index (χ1) is 8.83. The number of piperidine rings is 1. The van der Waals surface area contributed by atoms with Crippen molar-refractivity contribution in [3.63, 3.8) is 0 Å². The highest BCUT2D eigenvalue weighted by atomic mass is 16.5. The Hall–Kier alpha value is -0.940. The van der Waals surface area contributed by atoms with E-state index in [1.807, 2.05) is 0 Å². The lowest BCUT2D eigenvalue weighted by molar-refractivity contribution is 0.0749. The zero-order chi connectivity index (χ0) is 12.8. The number of hydrogen-bond donors (Lipinski definition) is 1. The van der Waals surface area contributed by atoms with Crippen LogP contribution < -0.4 is 0 Å². The molecule has 1 aliphatic heterocycles. The Morgan fingerprint density at radius 2 is 2.33 bits per heavy atom. The van der Waals surface area contributed by atoms with Gasteiger partial charge < -0.3 is 9.63 Å². The molecule has 0 saturated carbocycles. The molecule has 18 heavy (non-hydrogen) atoms. The first-order valence-electron chi connectivity index (χ1n) is 7.00. The van der Waals surface area contributed by atoms with Crippen molar-refractivity contribution in [2.75, 3.05) is 13.2 Å². The van der Waals surface area contributed by atoms with Crippen molar-refractivity contribution in [3.05, 3.63) is 11.7 Å². The number of unbranched alkanes of at least 4 members (excludes halogenated alkanes) is 1. The van der Waals surface area contributed by atoms with Crippen LogP contribution in [0.4, 0.5) is 0 Å². The Labute approximate surface area is 108 Å². The molecular weight excluding hydrogens is 230 g/mol. The van der Waals surface area contributed by atoms with Gasteiger partial charge in [-0.05, 0) is 25.8 Å². The Morgan fingerprint density at radius 3 is 3.11 bits per heavy atom. The monoisotopic (exact) mass is 253 g/mol. The van der Waals surface area contributed by atoms with Crippen LogP contribution in [0.2, 0.25) is 0 Å². The van der Waals surface area contributed by atoms with Crippen LogP contribution in [0.1, 0.15) is 50.7 Å². The highest BCUT2D eigenvalue weighted by molar-refractivity contribution is 4.88. The lowest BCUT2D eigenvalue weighted by Crippen LogP contribution is -2.41. The van der Waals surface area contributed by atoms with Gasteiger partial charge in [-0.3, -0.25) is 4.90 Å². The molecule has 5 nitrogen and oxygen atoms in total. The molecular formula is C13H23N3O2. The minimum Gasteiger partial charge on any atom is -0.395 e. The summed E-state index contributed by atoms with van der Waals surface area (Å²) in [7, 11) is 0. The predicted molar refractivity (Wildman–Crippen MR) is 68.0 cm³/mol. The first-order valence-corrected chi connectivity index (χ1v) is 7.00. The molecule has 2 rings (SSSR count). The van der Waals surface area contributed by atoms with Crippen LogP contribution in [0.25, 0.3) is 0 Å². The van der Waals surface area contributed by atoms with E-state index >= 15 is 0 Å². The number of nitrogens with zero attached hydrogens (tertiary/aromatic N) is 3. The van der Waals surface area contributed by atoms with Crippen molar-refractivity contribution < 1.29 is 9.63 Å². The lowest BCUT2D eigenvalue weighted by Gasteiger charge is -2.33. The van der Waals surface area contributed by atoms with Gasteiger partial charge in [0.15, 0.2) is 5.82 Å². The molecule has 1 saturated heterocycles. The van der Waals surface area contributed by atoms with Gasteiger partial charge in [-0.1, -0.05) is 24.9 Å². The van der Waals surface area contributed by atoms with Gasteiger partial charge in [0, 0.05) is 12.5 Å². The van der Waals surface area contributed by atoms with Crippen LogP contribution >= 0.6 is 0 Å². The van der Waals surface area contributed by atoms with Gasteiger partial charge in [0.05, 0.1) is 13.2 Å². The second-order valence-corrected chi connectivity index (χ2v) is 5.01. The van der Waals surface area contributed by atoms with Crippen LogP contribution in [0, 0.1) is 0 Å². The zero-order valence-corrected chi connectivity index (χ0v) is 11.1. The minimum atomic E-state index is 0.219. The average Bonchev–Trinajstić information content (AvgIpc) is 2.84. The zero-order valence-electron chi connectivity index (χ0n) is 11.1. The van der Waals surface area contributed by atoms with Crippen molar-refractivity contribution in [2.24, 2.45) is 0 Å². The van der Waals surface area contributed by atoms with Crippen molar-refractivity contribution in [1.29, 1.82) is 0 Å². The van der Waals surface area contributed by atoms with Gasteiger partial charge in [0.2, 0.25) is 5.89 Å². The summed E-state index contributed by atoms with van der Waals surface area (Å²) in [5.41, 5.74) is 0. The maximum absolute atomic E-state index is 9.35. The fourth-order valence-corrected chi connectivity index (χ4v) is 2.44. The third kappa shape index (κ3) is 3.53. The van der Waals surface area contributed by atoms with Crippen molar-refractivity contribution in [3.8, 4) is 0 Å². The molecule has 1 aliphatic rings. The Morgan fingerprint density at radius 1 is 1.44 bits per heavy atom. The molecule has 1 N–H and O–H groups in total. The third-order valence-electron chi connectivity index (χ3n) is 3.56. The number of aromatic nitrogens is 2. The van der Waals surface area contributed by atoms with E-state index in [2.05, 4.69) is 22.0 Å². The van der Waals surface area contributed by atoms with E-state index in [1.54, 1.807) is 0 Å². The first kappa shape index (κ1) is 13.5. The second kappa shape index (κ2) is 6.85. The molecule has 1 fully saturated rings. The molecule has 102 valence electrons. The number of aryl methyl sites for hydroxylation is 1. The summed E-state index contributed by atoms with van der Waals surface area (Å²) in [5, 5.41) is 13.3. The van der Waals surface area contributed by atoms with Gasteiger partial charge >= 0.3 is 0 Å². The van der Waals surface area contributed by atoms with Crippen molar-refractivity contribution in [1.82, 2.24) is 15.0 Å². The van der Waals surface area contributed by atoms with Gasteiger partial charge in [-0.15, -0.1) is 0 Å². The van der Waals surface area contributed by atoms with E-state index in [4.69, 9.17) is 4.52 Å². The van der Waals surface area contributed by atoms with E-state index in [0.717, 1.165) is 38.1 Å². The lowest BCUT2D eigenvalue weighted by atomic mass is 10.0. The summed E-state index contributed by atoms with van der Waals surface area (Å²) in [6.07, 6.45) is 6.59. The number of hydrogen-bond acceptors (Lipinski definition) is 5. The number of likely N-dealkylation sites (tertiary alicyclic amines) is 1. The molecule has 2 heterocycles. The Bertz CT molecular complexity index is 354. The van der Waals surface area contributed by atoms with Crippen LogP contribution in [-0.2, 0) is 13.0 Å². The maximum atomic E-state index is 9.35. The Kier molecular flexibility index (Phi) is 5.13. The number of aliphatic hydroxyl groups is 1. The van der Waals surface area contributed by atoms with Crippen LogP contribution in [0.5, 0.6) is 0 Å². The average molecular weight is 253 g/mol. The van der Waals surface area contributed by atoms with Gasteiger partial charge in [-0.25, -0.2) is 0 Å². The van der Waals surface area contributed by atoms with Crippen molar-refractivity contribution in [2.45, 2.75) is 58.0 Å². The van der Waals surface area contributed by atoms with Crippen LogP contribution in [-0.4, -0.2) is 39.3 Å². The molecule has 1 aromatic rings. The van der Waals surface area contributed by atoms with E-state index in [9.17, 15) is 5.11 Å². The van der Waals surface area contributed by atoms with Gasteiger partial charge in [-0.2, -0.15) is 4.98 Å². The topological polar surface area (TPSA) is 62.4 Å². The normalized spacial score (nSPS) is 21.3. The molecule has 0 spiro atoms. The second-order valence-electron chi connectivity index (χ2n) is 5.01. The van der Waals surface area contributed by atoms with Gasteiger partial charge in [0.1, 0.15) is 0 Å². The Balaban J connectivity index is 1.89. The minimum absolute atomic E-state index is 0.219. The molecule has 1 unspecified atom stereocenters. The summed E-state index contributed by atoms with van der Waals surface area (Å²) < 4.78 is 5.27. The van der Waals surface area contributed by atoms with E-state index in [1.165, 1.54) is 12.8 Å². The largest absolute Gasteiger partial charge is 0.395 e. The summed E-state index contributed by atoms with van der Waals surface area (Å²) in [5.74, 6) is 1.49. The number of aliphatic hydroxyl groups excluding tert-OH is 1. The van der Waals surface area contributed by atoms with Crippen LogP contribution in [0.15, 0.2) is 4.52 Å². The van der Waals surface area contributed by atoms with Gasteiger partial charge in [0.25, 0.3) is 0 Å². The SMILES string of the molecule is CCCCc1noc(CN2CCCCC2CO)n1. The predicted octanol–water partition coefficient (Wildman–Crippen LogP) is 1.76. The molecule has 0 radical (unpaired) electrons. The highest BCUT2D eigenvalue weighted by Gasteiger charge is 2.23. The molecule has 1 atom stereocenters. The molecule has 0 aromatic carbocycles. The standard InChI is InChI=1S/C13H23N3O2/c1-2-3-7-12-14-13(18-15-12)9-16-8-5-4-6-11(16)10-17/h11,17H,2-10H2,1H3. The summed E-state index contributed by atoms with van der Waals surface area (Å²) in [6.45, 7) is 4.06. The number of rotatable bonds is 6. The summed E-state index contributed by atoms with van der Waals surface area (Å²) >= 11 is 0.